The summed E-state index contributed by atoms with van der Waals surface area (Å²) in [5.41, 5.74) is 0. The number of hydrogen-bond acceptors (Lipinski definition) is 5. The minimum Gasteiger partial charge on any atom is -0.457 e. The molecule has 5 atom stereocenters. The van der Waals surface area contributed by atoms with Crippen LogP contribution < -0.4 is 0 Å². The van der Waals surface area contributed by atoms with Crippen LogP contribution in [0.3, 0.4) is 0 Å². The van der Waals surface area contributed by atoms with Gasteiger partial charge in [-0.2, -0.15) is 0 Å². The summed E-state index contributed by atoms with van der Waals surface area (Å²) < 4.78 is 16.4. The van der Waals surface area contributed by atoms with Crippen LogP contribution in [0, 0.1) is 5.92 Å². The molecule has 0 radical (unpaired) electrons. The second kappa shape index (κ2) is 6.68. The van der Waals surface area contributed by atoms with Gasteiger partial charge in [0.2, 0.25) is 0 Å². The monoisotopic (exact) mass is 272 g/mol. The molecule has 0 aromatic heterocycles. The standard InChI is InChI=1S/C14H24O5/c1-3-5-6-9(4-2)14(16)19-11-8-18-12-10(15)7-17-13(11)12/h9-13,15H,3-8H2,1-2H3/t9-,10-,11+,12-,13-/m1/s1. The van der Waals surface area contributed by atoms with Gasteiger partial charge in [0.05, 0.1) is 19.1 Å². The van der Waals surface area contributed by atoms with Crippen LogP contribution in [0.2, 0.25) is 0 Å². The average Bonchev–Trinajstić information content (AvgIpc) is 2.95. The molecule has 1 N–H and O–H groups in total. The van der Waals surface area contributed by atoms with Crippen molar-refractivity contribution >= 4 is 5.97 Å². The molecule has 0 unspecified atom stereocenters. The SMILES string of the molecule is CCCC[C@@H](CC)C(=O)O[C@H]1CO[C@H]2[C@@H]1OC[C@H]2O. The molecule has 110 valence electrons. The fraction of sp³-hybridized carbons (Fsp3) is 0.929. The van der Waals surface area contributed by atoms with Gasteiger partial charge in [0, 0.05) is 0 Å². The van der Waals surface area contributed by atoms with Gasteiger partial charge in [0.1, 0.15) is 18.3 Å². The van der Waals surface area contributed by atoms with Crippen LogP contribution in [0.4, 0.5) is 0 Å². The highest BCUT2D eigenvalue weighted by molar-refractivity contribution is 5.72. The van der Waals surface area contributed by atoms with Gasteiger partial charge in [-0.3, -0.25) is 4.79 Å². The summed E-state index contributed by atoms with van der Waals surface area (Å²) in [5.74, 6) is -0.194. The van der Waals surface area contributed by atoms with Gasteiger partial charge < -0.3 is 19.3 Å². The van der Waals surface area contributed by atoms with E-state index in [0.29, 0.717) is 6.61 Å². The zero-order chi connectivity index (χ0) is 13.8. The Hall–Kier alpha value is -0.650. The lowest BCUT2D eigenvalue weighted by Gasteiger charge is -2.20. The summed E-state index contributed by atoms with van der Waals surface area (Å²) in [6, 6.07) is 0. The minimum absolute atomic E-state index is 0.0367. The zero-order valence-electron chi connectivity index (χ0n) is 11.7. The molecule has 0 spiro atoms. The number of hydrogen-bond donors (Lipinski definition) is 1. The van der Waals surface area contributed by atoms with Crippen LogP contribution in [0.25, 0.3) is 0 Å². The number of rotatable bonds is 6. The third kappa shape index (κ3) is 3.27. The molecule has 2 aliphatic rings. The molecule has 2 rings (SSSR count). The summed E-state index contributed by atoms with van der Waals surface area (Å²) in [7, 11) is 0. The number of carbonyl (C=O) groups excluding carboxylic acids is 1. The molecule has 2 heterocycles. The van der Waals surface area contributed by atoms with Crippen molar-refractivity contribution in [2.24, 2.45) is 5.92 Å². The van der Waals surface area contributed by atoms with Crippen LogP contribution in [0.5, 0.6) is 0 Å². The predicted octanol–water partition coefficient (Wildman–Crippen LogP) is 1.27. The number of esters is 1. The maximum absolute atomic E-state index is 12.1. The third-order valence-corrected chi connectivity index (χ3v) is 3.98. The molecule has 2 saturated heterocycles. The van der Waals surface area contributed by atoms with Gasteiger partial charge in [0.15, 0.2) is 6.10 Å². The number of aliphatic hydroxyl groups is 1. The quantitative estimate of drug-likeness (QED) is 0.738. The van der Waals surface area contributed by atoms with Crippen LogP contribution >= 0.6 is 0 Å². The molecule has 19 heavy (non-hydrogen) atoms. The maximum Gasteiger partial charge on any atom is 0.309 e. The van der Waals surface area contributed by atoms with Crippen LogP contribution in [-0.2, 0) is 19.0 Å². The lowest BCUT2D eigenvalue weighted by molar-refractivity contribution is -0.159. The summed E-state index contributed by atoms with van der Waals surface area (Å²) in [5, 5.41) is 9.63. The number of fused-ring (bicyclic) bond motifs is 1. The van der Waals surface area contributed by atoms with Gasteiger partial charge in [-0.05, 0) is 12.8 Å². The molecule has 0 aromatic carbocycles. The van der Waals surface area contributed by atoms with Gasteiger partial charge in [0.25, 0.3) is 0 Å². The highest BCUT2D eigenvalue weighted by Gasteiger charge is 2.49. The Morgan fingerprint density at radius 1 is 1.32 bits per heavy atom. The van der Waals surface area contributed by atoms with E-state index in [1.807, 2.05) is 6.92 Å². The summed E-state index contributed by atoms with van der Waals surface area (Å²) in [6.45, 7) is 4.70. The highest BCUT2D eigenvalue weighted by atomic mass is 16.6. The number of carbonyl (C=O) groups is 1. The Kier molecular flexibility index (Phi) is 5.19. The van der Waals surface area contributed by atoms with E-state index in [9.17, 15) is 9.90 Å². The minimum atomic E-state index is -0.601. The first-order valence-electron chi connectivity index (χ1n) is 7.29. The van der Waals surface area contributed by atoms with Gasteiger partial charge >= 0.3 is 5.97 Å². The third-order valence-electron chi connectivity index (χ3n) is 3.98. The van der Waals surface area contributed by atoms with Crippen LogP contribution in [0.15, 0.2) is 0 Å². The smallest absolute Gasteiger partial charge is 0.309 e. The van der Waals surface area contributed by atoms with Crippen molar-refractivity contribution < 1.29 is 24.1 Å². The van der Waals surface area contributed by atoms with Gasteiger partial charge in [-0.15, -0.1) is 0 Å². The van der Waals surface area contributed by atoms with E-state index < -0.39 is 6.10 Å². The Morgan fingerprint density at radius 2 is 2.05 bits per heavy atom. The largest absolute Gasteiger partial charge is 0.457 e. The van der Waals surface area contributed by atoms with E-state index in [4.69, 9.17) is 14.2 Å². The van der Waals surface area contributed by atoms with E-state index in [2.05, 4.69) is 6.92 Å². The van der Waals surface area contributed by atoms with Crippen molar-refractivity contribution in [2.75, 3.05) is 13.2 Å². The fourth-order valence-corrected chi connectivity index (χ4v) is 2.73. The number of unbranched alkanes of at least 4 members (excludes halogenated alkanes) is 1. The second-order valence-corrected chi connectivity index (χ2v) is 5.39. The van der Waals surface area contributed by atoms with Crippen LogP contribution in [-0.4, -0.2) is 48.7 Å². The Balaban J connectivity index is 1.85. The molecule has 0 aromatic rings. The normalized spacial score (nSPS) is 35.1. The lowest BCUT2D eigenvalue weighted by Crippen LogP contribution is -2.35. The van der Waals surface area contributed by atoms with E-state index in [1.165, 1.54) is 0 Å². The molecule has 0 aliphatic carbocycles. The lowest BCUT2D eigenvalue weighted by atomic mass is 9.99. The molecule has 0 bridgehead atoms. The molecular weight excluding hydrogens is 248 g/mol. The first-order valence-corrected chi connectivity index (χ1v) is 7.29. The molecular formula is C14H24O5. The van der Waals surface area contributed by atoms with E-state index in [-0.39, 0.29) is 36.8 Å². The Morgan fingerprint density at radius 3 is 2.74 bits per heavy atom. The predicted molar refractivity (Wildman–Crippen MR) is 68.7 cm³/mol. The first-order chi connectivity index (χ1) is 9.17. The van der Waals surface area contributed by atoms with Crippen molar-refractivity contribution in [1.29, 1.82) is 0 Å². The van der Waals surface area contributed by atoms with Crippen molar-refractivity contribution in [3.63, 3.8) is 0 Å². The summed E-state index contributed by atoms with van der Waals surface area (Å²) >= 11 is 0. The number of aliphatic hydroxyl groups excluding tert-OH is 1. The highest BCUT2D eigenvalue weighted by Crippen LogP contribution is 2.29. The van der Waals surface area contributed by atoms with Gasteiger partial charge in [-0.25, -0.2) is 0 Å². The summed E-state index contributed by atoms with van der Waals surface area (Å²) in [6.07, 6.45) is 2.17. The van der Waals surface area contributed by atoms with E-state index >= 15 is 0 Å². The van der Waals surface area contributed by atoms with Crippen molar-refractivity contribution in [1.82, 2.24) is 0 Å². The average molecular weight is 272 g/mol. The van der Waals surface area contributed by atoms with Gasteiger partial charge in [-0.1, -0.05) is 26.7 Å². The molecule has 2 fully saturated rings. The molecule has 5 heteroatoms. The van der Waals surface area contributed by atoms with Crippen molar-refractivity contribution in [2.45, 2.75) is 63.9 Å². The van der Waals surface area contributed by atoms with Crippen molar-refractivity contribution in [3.05, 3.63) is 0 Å². The Labute approximate surface area is 114 Å². The van der Waals surface area contributed by atoms with Crippen molar-refractivity contribution in [3.8, 4) is 0 Å². The molecule has 5 nitrogen and oxygen atoms in total. The summed E-state index contributed by atoms with van der Waals surface area (Å²) in [4.78, 5) is 12.1. The topological polar surface area (TPSA) is 65.0 Å². The Bertz CT molecular complexity index is 306. The number of ether oxygens (including phenoxy) is 3. The van der Waals surface area contributed by atoms with E-state index in [1.54, 1.807) is 0 Å². The second-order valence-electron chi connectivity index (χ2n) is 5.39. The zero-order valence-corrected chi connectivity index (χ0v) is 11.7. The fourth-order valence-electron chi connectivity index (χ4n) is 2.73. The molecule has 0 amide bonds. The van der Waals surface area contributed by atoms with Crippen LogP contribution in [0.1, 0.15) is 39.5 Å². The maximum atomic E-state index is 12.1. The molecule has 0 saturated carbocycles. The molecule has 2 aliphatic heterocycles. The first kappa shape index (κ1) is 14.8. The van der Waals surface area contributed by atoms with E-state index in [0.717, 1.165) is 25.7 Å².